The predicted octanol–water partition coefficient (Wildman–Crippen LogP) is 6.98. The van der Waals surface area contributed by atoms with Crippen LogP contribution < -0.4 is 0 Å². The monoisotopic (exact) mass is 466 g/mol. The number of hydrogen-bond acceptors (Lipinski definition) is 4. The summed E-state index contributed by atoms with van der Waals surface area (Å²) in [5.74, 6) is 0.488. The van der Waals surface area contributed by atoms with Gasteiger partial charge in [0.05, 0.1) is 6.10 Å². The molecule has 0 amide bonds. The SMILES string of the molecule is CC[Si](CC)(CC)OC1C=C(C(C)[Si](CC)(CC)OCCC=CCCC(C)=O)C(=O)C1. The maximum atomic E-state index is 13.0. The number of carbonyl (C=O) groups is 2. The summed E-state index contributed by atoms with van der Waals surface area (Å²) in [4.78, 5) is 24.0. The van der Waals surface area contributed by atoms with Crippen LogP contribution in [0.2, 0.25) is 35.8 Å². The molecular weight excluding hydrogens is 420 g/mol. The highest BCUT2D eigenvalue weighted by Gasteiger charge is 2.44. The van der Waals surface area contributed by atoms with E-state index in [2.05, 4.69) is 59.8 Å². The smallest absolute Gasteiger partial charge is 0.199 e. The minimum absolute atomic E-state index is 0.0407. The molecular formula is C25H46O4Si2. The summed E-state index contributed by atoms with van der Waals surface area (Å²) >= 11 is 0. The molecule has 0 heterocycles. The molecule has 0 bridgehead atoms. The van der Waals surface area contributed by atoms with Gasteiger partial charge in [0.1, 0.15) is 5.78 Å². The molecule has 2 unspecified atom stereocenters. The van der Waals surface area contributed by atoms with E-state index in [-0.39, 0.29) is 23.2 Å². The van der Waals surface area contributed by atoms with E-state index in [0.29, 0.717) is 19.4 Å². The van der Waals surface area contributed by atoms with Crippen LogP contribution in [0.3, 0.4) is 0 Å². The van der Waals surface area contributed by atoms with Crippen LogP contribution in [0.1, 0.15) is 74.1 Å². The lowest BCUT2D eigenvalue weighted by Gasteiger charge is -2.35. The van der Waals surface area contributed by atoms with Crippen molar-refractivity contribution in [2.45, 2.75) is 116 Å². The molecule has 0 fully saturated rings. The Bertz CT molecular complexity index is 625. The lowest BCUT2D eigenvalue weighted by molar-refractivity contribution is -0.117. The molecule has 0 aliphatic heterocycles. The molecule has 0 saturated heterocycles. The molecule has 31 heavy (non-hydrogen) atoms. The number of carbonyl (C=O) groups excluding carboxylic acids is 2. The van der Waals surface area contributed by atoms with Gasteiger partial charge in [0, 0.05) is 25.0 Å². The summed E-state index contributed by atoms with van der Waals surface area (Å²) in [6, 6.07) is 5.33. The second-order valence-electron chi connectivity index (χ2n) is 8.99. The second kappa shape index (κ2) is 13.7. The van der Waals surface area contributed by atoms with Crippen LogP contribution >= 0.6 is 0 Å². The number of ketones is 2. The van der Waals surface area contributed by atoms with Crippen molar-refractivity contribution in [2.75, 3.05) is 6.61 Å². The fraction of sp³-hybridized carbons (Fsp3) is 0.760. The molecule has 1 aliphatic rings. The van der Waals surface area contributed by atoms with Crippen LogP contribution in [0, 0.1) is 0 Å². The molecule has 0 aromatic heterocycles. The van der Waals surface area contributed by atoms with Crippen LogP contribution in [-0.2, 0) is 18.4 Å². The standard InChI is InChI=1S/C25H46O4Si2/c1-8-30(9-2,10-3)29-23-19-24(25(27)20-23)22(7)31(11-4,12-5)28-18-16-14-13-15-17-21(6)26/h13-14,19,22-23H,8-12,15-18,20H2,1-7H3. The number of hydrogen-bond donors (Lipinski definition) is 0. The summed E-state index contributed by atoms with van der Waals surface area (Å²) in [7, 11) is -3.80. The Balaban J connectivity index is 2.82. The zero-order valence-corrected chi connectivity index (χ0v) is 23.1. The first-order valence-electron chi connectivity index (χ1n) is 12.4. The fourth-order valence-electron chi connectivity index (χ4n) is 4.76. The van der Waals surface area contributed by atoms with Crippen molar-refractivity contribution in [3.05, 3.63) is 23.8 Å². The molecule has 6 heteroatoms. The lowest BCUT2D eigenvalue weighted by atomic mass is 10.1. The summed E-state index contributed by atoms with van der Waals surface area (Å²) in [5.41, 5.74) is 1.15. The number of allylic oxidation sites excluding steroid dienone is 2. The van der Waals surface area contributed by atoms with E-state index in [1.807, 2.05) is 0 Å². The third kappa shape index (κ3) is 7.91. The molecule has 2 atom stereocenters. The van der Waals surface area contributed by atoms with E-state index in [1.165, 1.54) is 0 Å². The fourth-order valence-corrected chi connectivity index (χ4v) is 11.3. The van der Waals surface area contributed by atoms with Gasteiger partial charge >= 0.3 is 0 Å². The van der Waals surface area contributed by atoms with Gasteiger partial charge in [-0.3, -0.25) is 4.79 Å². The largest absolute Gasteiger partial charge is 0.416 e. The van der Waals surface area contributed by atoms with Crippen LogP contribution in [0.25, 0.3) is 0 Å². The Morgan fingerprint density at radius 2 is 1.65 bits per heavy atom. The lowest BCUT2D eigenvalue weighted by Crippen LogP contribution is -2.42. The van der Waals surface area contributed by atoms with E-state index >= 15 is 0 Å². The number of rotatable bonds is 16. The maximum Gasteiger partial charge on any atom is 0.199 e. The van der Waals surface area contributed by atoms with Crippen molar-refractivity contribution in [3.8, 4) is 0 Å². The van der Waals surface area contributed by atoms with Gasteiger partial charge in [-0.2, -0.15) is 0 Å². The zero-order chi connectivity index (χ0) is 23.5. The quantitative estimate of drug-likeness (QED) is 0.140. The van der Waals surface area contributed by atoms with E-state index < -0.39 is 16.6 Å². The first-order valence-corrected chi connectivity index (χ1v) is 17.4. The molecule has 0 aromatic rings. The zero-order valence-electron chi connectivity index (χ0n) is 21.1. The molecule has 1 rings (SSSR count). The Labute approximate surface area is 193 Å². The Kier molecular flexibility index (Phi) is 12.4. The molecule has 178 valence electrons. The topological polar surface area (TPSA) is 52.6 Å². The molecule has 1 aliphatic carbocycles. The molecule has 0 saturated carbocycles. The van der Waals surface area contributed by atoms with Crippen LogP contribution in [0.15, 0.2) is 23.8 Å². The third-order valence-electron chi connectivity index (χ3n) is 7.36. The Morgan fingerprint density at radius 1 is 1.06 bits per heavy atom. The van der Waals surface area contributed by atoms with Gasteiger partial charge in [0.2, 0.25) is 0 Å². The predicted molar refractivity (Wildman–Crippen MR) is 136 cm³/mol. The normalized spacial score (nSPS) is 18.6. The van der Waals surface area contributed by atoms with Crippen molar-refractivity contribution in [1.82, 2.24) is 0 Å². The summed E-state index contributed by atoms with van der Waals surface area (Å²) in [5, 5.41) is 0. The maximum absolute atomic E-state index is 13.0. The van der Waals surface area contributed by atoms with Crippen molar-refractivity contribution < 1.29 is 18.4 Å². The highest BCUT2D eigenvalue weighted by molar-refractivity contribution is 6.76. The summed E-state index contributed by atoms with van der Waals surface area (Å²) < 4.78 is 13.2. The summed E-state index contributed by atoms with van der Waals surface area (Å²) in [6.07, 6.45) is 9.07. The molecule has 0 N–H and O–H groups in total. The average molecular weight is 467 g/mol. The van der Waals surface area contributed by atoms with Crippen molar-refractivity contribution in [3.63, 3.8) is 0 Å². The first-order chi connectivity index (χ1) is 14.7. The van der Waals surface area contributed by atoms with E-state index in [9.17, 15) is 9.59 Å². The highest BCUT2D eigenvalue weighted by Crippen LogP contribution is 2.40. The Hall–Kier alpha value is -0.826. The average Bonchev–Trinajstić information content (AvgIpc) is 3.13. The molecule has 0 radical (unpaired) electrons. The second-order valence-corrected chi connectivity index (χ2v) is 18.4. The van der Waals surface area contributed by atoms with Gasteiger partial charge in [-0.15, -0.1) is 0 Å². The molecule has 0 aromatic carbocycles. The minimum Gasteiger partial charge on any atom is -0.416 e. The van der Waals surface area contributed by atoms with E-state index in [0.717, 1.165) is 48.6 Å². The molecule has 4 nitrogen and oxygen atoms in total. The van der Waals surface area contributed by atoms with Crippen LogP contribution in [0.4, 0.5) is 0 Å². The molecule has 0 spiro atoms. The van der Waals surface area contributed by atoms with Gasteiger partial charge < -0.3 is 13.6 Å². The van der Waals surface area contributed by atoms with Crippen LogP contribution in [-0.4, -0.2) is 40.9 Å². The minimum atomic E-state index is -2.07. The van der Waals surface area contributed by atoms with E-state index in [1.54, 1.807) is 6.92 Å². The highest BCUT2D eigenvalue weighted by atomic mass is 28.4. The van der Waals surface area contributed by atoms with Crippen molar-refractivity contribution in [2.24, 2.45) is 0 Å². The Morgan fingerprint density at radius 3 is 2.16 bits per heavy atom. The van der Waals surface area contributed by atoms with Gasteiger partial charge in [0.15, 0.2) is 22.4 Å². The van der Waals surface area contributed by atoms with Gasteiger partial charge in [-0.05, 0) is 61.6 Å². The van der Waals surface area contributed by atoms with Crippen LogP contribution in [0.5, 0.6) is 0 Å². The first kappa shape index (κ1) is 28.2. The number of Topliss-reactive ketones (excluding diaryl/α,β-unsaturated/α-hetero) is 2. The third-order valence-corrected chi connectivity index (χ3v) is 17.1. The van der Waals surface area contributed by atoms with Crippen molar-refractivity contribution in [1.29, 1.82) is 0 Å². The van der Waals surface area contributed by atoms with Gasteiger partial charge in [0.25, 0.3) is 0 Å². The van der Waals surface area contributed by atoms with Gasteiger partial charge in [-0.25, -0.2) is 0 Å². The van der Waals surface area contributed by atoms with E-state index in [4.69, 9.17) is 8.85 Å². The summed E-state index contributed by atoms with van der Waals surface area (Å²) in [6.45, 7) is 15.7. The van der Waals surface area contributed by atoms with Gasteiger partial charge in [-0.1, -0.05) is 53.7 Å². The van der Waals surface area contributed by atoms with Crippen molar-refractivity contribution >= 4 is 28.2 Å².